The Hall–Kier alpha value is -1.23. The highest BCUT2D eigenvalue weighted by atomic mass is 79.9. The lowest BCUT2D eigenvalue weighted by atomic mass is 10.2. The van der Waals surface area contributed by atoms with Gasteiger partial charge in [-0.15, -0.1) is 0 Å². The average Bonchev–Trinajstić information content (AvgIpc) is 2.22. The molecule has 0 saturated carbocycles. The highest BCUT2D eigenvalue weighted by molar-refractivity contribution is 9.10. The predicted octanol–water partition coefficient (Wildman–Crippen LogP) is 2.36. The van der Waals surface area contributed by atoms with Crippen LogP contribution in [0.2, 0.25) is 0 Å². The molecule has 0 aliphatic rings. The number of nitrogens with two attached hydrogens (primary N) is 1. The van der Waals surface area contributed by atoms with Gasteiger partial charge in [0.15, 0.2) is 0 Å². The van der Waals surface area contributed by atoms with Crippen molar-refractivity contribution in [3.63, 3.8) is 0 Å². The summed E-state index contributed by atoms with van der Waals surface area (Å²) in [5, 5.41) is 5.98. The monoisotopic (exact) mass is 299 g/mol. The molecule has 1 aromatic rings. The first-order chi connectivity index (χ1) is 7.99. The van der Waals surface area contributed by atoms with Crippen molar-refractivity contribution in [3.05, 3.63) is 22.7 Å². The van der Waals surface area contributed by atoms with E-state index >= 15 is 0 Å². The quantitative estimate of drug-likeness (QED) is 0.731. The zero-order chi connectivity index (χ0) is 12.8. The van der Waals surface area contributed by atoms with Crippen LogP contribution in [0.5, 0.6) is 0 Å². The Morgan fingerprint density at radius 2 is 2.18 bits per heavy atom. The Kier molecular flexibility index (Phi) is 5.28. The maximum Gasteiger partial charge on any atom is 0.221 e. The molecule has 1 amide bonds. The van der Waals surface area contributed by atoms with Gasteiger partial charge in [-0.1, -0.05) is 15.9 Å². The lowest BCUT2D eigenvalue weighted by molar-refractivity contribution is -0.121. The fourth-order valence-electron chi connectivity index (χ4n) is 1.39. The second kappa shape index (κ2) is 6.49. The summed E-state index contributed by atoms with van der Waals surface area (Å²) in [4.78, 5) is 11.4. The zero-order valence-corrected chi connectivity index (χ0v) is 11.7. The first-order valence-electron chi connectivity index (χ1n) is 5.57. The van der Waals surface area contributed by atoms with E-state index in [1.54, 1.807) is 0 Å². The number of halogens is 1. The molecule has 4 N–H and O–H groups in total. The Morgan fingerprint density at radius 1 is 1.47 bits per heavy atom. The SMILES string of the molecule is CC(C)NC(=O)CCNc1cc(Br)ccc1N. The van der Waals surface area contributed by atoms with Crippen molar-refractivity contribution >= 4 is 33.2 Å². The van der Waals surface area contributed by atoms with Gasteiger partial charge in [-0.05, 0) is 32.0 Å². The van der Waals surface area contributed by atoms with Crippen molar-refractivity contribution in [1.29, 1.82) is 0 Å². The number of rotatable bonds is 5. The van der Waals surface area contributed by atoms with Gasteiger partial charge in [-0.25, -0.2) is 0 Å². The van der Waals surface area contributed by atoms with Gasteiger partial charge in [0.1, 0.15) is 0 Å². The van der Waals surface area contributed by atoms with E-state index < -0.39 is 0 Å². The summed E-state index contributed by atoms with van der Waals surface area (Å²) in [6.07, 6.45) is 0.435. The van der Waals surface area contributed by atoms with E-state index in [0.29, 0.717) is 18.7 Å². The van der Waals surface area contributed by atoms with Gasteiger partial charge in [0.05, 0.1) is 11.4 Å². The fraction of sp³-hybridized carbons (Fsp3) is 0.417. The molecule has 5 heteroatoms. The first-order valence-corrected chi connectivity index (χ1v) is 6.36. The molecule has 0 saturated heterocycles. The molecule has 0 bridgehead atoms. The van der Waals surface area contributed by atoms with Crippen LogP contribution in [-0.2, 0) is 4.79 Å². The predicted molar refractivity (Wildman–Crippen MR) is 74.9 cm³/mol. The standard InChI is InChI=1S/C12H18BrN3O/c1-8(2)16-12(17)5-6-15-11-7-9(13)3-4-10(11)14/h3-4,7-8,15H,5-6,14H2,1-2H3,(H,16,17). The van der Waals surface area contributed by atoms with Crippen molar-refractivity contribution in [2.75, 3.05) is 17.6 Å². The van der Waals surface area contributed by atoms with Crippen molar-refractivity contribution < 1.29 is 4.79 Å². The third kappa shape index (κ3) is 5.08. The summed E-state index contributed by atoms with van der Waals surface area (Å²) in [6, 6.07) is 5.78. The van der Waals surface area contributed by atoms with Gasteiger partial charge in [-0.2, -0.15) is 0 Å². The van der Waals surface area contributed by atoms with Crippen LogP contribution >= 0.6 is 15.9 Å². The Labute approximate surface area is 110 Å². The molecule has 0 heterocycles. The summed E-state index contributed by atoms with van der Waals surface area (Å²) in [7, 11) is 0. The second-order valence-corrected chi connectivity index (χ2v) is 5.05. The molecule has 0 aliphatic carbocycles. The van der Waals surface area contributed by atoms with Crippen LogP contribution < -0.4 is 16.4 Å². The minimum absolute atomic E-state index is 0.0427. The summed E-state index contributed by atoms with van der Waals surface area (Å²) >= 11 is 3.38. The first kappa shape index (κ1) is 13.8. The Balaban J connectivity index is 2.40. The molecule has 17 heavy (non-hydrogen) atoms. The minimum atomic E-state index is 0.0427. The highest BCUT2D eigenvalue weighted by Gasteiger charge is 2.04. The van der Waals surface area contributed by atoms with Crippen molar-refractivity contribution in [2.24, 2.45) is 0 Å². The number of carbonyl (C=O) groups is 1. The van der Waals surface area contributed by atoms with Crippen LogP contribution in [0.3, 0.4) is 0 Å². The third-order valence-electron chi connectivity index (χ3n) is 2.13. The van der Waals surface area contributed by atoms with Gasteiger partial charge in [0, 0.05) is 23.5 Å². The number of anilines is 2. The van der Waals surface area contributed by atoms with Crippen molar-refractivity contribution in [2.45, 2.75) is 26.3 Å². The molecule has 94 valence electrons. The van der Waals surface area contributed by atoms with E-state index in [0.717, 1.165) is 10.2 Å². The van der Waals surface area contributed by atoms with Crippen molar-refractivity contribution in [3.8, 4) is 0 Å². The van der Waals surface area contributed by atoms with Gasteiger partial charge >= 0.3 is 0 Å². The topological polar surface area (TPSA) is 67.2 Å². The molecule has 0 radical (unpaired) electrons. The van der Waals surface area contributed by atoms with Crippen LogP contribution in [0.4, 0.5) is 11.4 Å². The van der Waals surface area contributed by atoms with Gasteiger partial charge < -0.3 is 16.4 Å². The maximum absolute atomic E-state index is 11.4. The number of carbonyl (C=O) groups excluding carboxylic acids is 1. The average molecular weight is 300 g/mol. The molecule has 1 aromatic carbocycles. The summed E-state index contributed by atoms with van der Waals surface area (Å²) < 4.78 is 0.959. The smallest absolute Gasteiger partial charge is 0.221 e. The number of nitrogens with one attached hydrogen (secondary N) is 2. The fourth-order valence-corrected chi connectivity index (χ4v) is 1.75. The molecule has 0 spiro atoms. The molecule has 0 unspecified atom stereocenters. The normalized spacial score (nSPS) is 10.4. The Bertz CT molecular complexity index is 393. The number of benzene rings is 1. The van der Waals surface area contributed by atoms with Crippen LogP contribution in [0.25, 0.3) is 0 Å². The van der Waals surface area contributed by atoms with Crippen LogP contribution in [0, 0.1) is 0 Å². The molecule has 0 aromatic heterocycles. The van der Waals surface area contributed by atoms with E-state index in [1.807, 2.05) is 32.0 Å². The molecule has 4 nitrogen and oxygen atoms in total. The Morgan fingerprint density at radius 3 is 2.82 bits per heavy atom. The lowest BCUT2D eigenvalue weighted by Gasteiger charge is -2.11. The largest absolute Gasteiger partial charge is 0.397 e. The summed E-state index contributed by atoms with van der Waals surface area (Å²) in [6.45, 7) is 4.45. The van der Waals surface area contributed by atoms with Gasteiger partial charge in [-0.3, -0.25) is 4.79 Å². The van der Waals surface area contributed by atoms with E-state index in [2.05, 4.69) is 26.6 Å². The highest BCUT2D eigenvalue weighted by Crippen LogP contribution is 2.22. The minimum Gasteiger partial charge on any atom is -0.397 e. The van der Waals surface area contributed by atoms with Crippen LogP contribution in [0.15, 0.2) is 22.7 Å². The maximum atomic E-state index is 11.4. The molecule has 1 rings (SSSR count). The van der Waals surface area contributed by atoms with E-state index in [4.69, 9.17) is 5.73 Å². The van der Waals surface area contributed by atoms with Crippen LogP contribution in [-0.4, -0.2) is 18.5 Å². The van der Waals surface area contributed by atoms with E-state index in [-0.39, 0.29) is 11.9 Å². The van der Waals surface area contributed by atoms with Gasteiger partial charge in [0.2, 0.25) is 5.91 Å². The van der Waals surface area contributed by atoms with Gasteiger partial charge in [0.25, 0.3) is 0 Å². The van der Waals surface area contributed by atoms with Crippen molar-refractivity contribution in [1.82, 2.24) is 5.32 Å². The molecular formula is C12H18BrN3O. The number of nitrogen functional groups attached to an aromatic ring is 1. The molecule has 0 atom stereocenters. The third-order valence-corrected chi connectivity index (χ3v) is 2.63. The number of hydrogen-bond donors (Lipinski definition) is 3. The van der Waals surface area contributed by atoms with E-state index in [1.165, 1.54) is 0 Å². The van der Waals surface area contributed by atoms with Crippen LogP contribution in [0.1, 0.15) is 20.3 Å². The second-order valence-electron chi connectivity index (χ2n) is 4.13. The number of hydrogen-bond acceptors (Lipinski definition) is 3. The number of amides is 1. The molecule has 0 fully saturated rings. The zero-order valence-electron chi connectivity index (χ0n) is 10.1. The summed E-state index contributed by atoms with van der Waals surface area (Å²) in [5.74, 6) is 0.0427. The lowest BCUT2D eigenvalue weighted by Crippen LogP contribution is -2.31. The van der Waals surface area contributed by atoms with E-state index in [9.17, 15) is 4.79 Å². The summed E-state index contributed by atoms with van der Waals surface area (Å²) in [5.41, 5.74) is 7.33. The molecular weight excluding hydrogens is 282 g/mol. The molecule has 0 aliphatic heterocycles.